The smallest absolute Gasteiger partial charge is 0.242 e. The van der Waals surface area contributed by atoms with Crippen LogP contribution in [0, 0.1) is 6.92 Å². The van der Waals surface area contributed by atoms with Gasteiger partial charge in [0.2, 0.25) is 21.8 Å². The number of anilines is 1. The van der Waals surface area contributed by atoms with E-state index < -0.39 is 16.1 Å². The molecule has 0 heterocycles. The summed E-state index contributed by atoms with van der Waals surface area (Å²) in [4.78, 5) is 27.5. The number of hydrogen-bond donors (Lipinski definition) is 1. The number of benzene rings is 2. The molecule has 0 aliphatic heterocycles. The van der Waals surface area contributed by atoms with E-state index in [9.17, 15) is 18.0 Å². The van der Waals surface area contributed by atoms with E-state index in [0.29, 0.717) is 30.2 Å². The van der Waals surface area contributed by atoms with Crippen molar-refractivity contribution in [1.82, 2.24) is 10.2 Å². The molecule has 0 radical (unpaired) electrons. The first-order valence-electron chi connectivity index (χ1n) is 11.4. The molecule has 7 nitrogen and oxygen atoms in total. The summed E-state index contributed by atoms with van der Waals surface area (Å²) in [5, 5.41) is 3.37. The van der Waals surface area contributed by atoms with E-state index in [1.54, 1.807) is 36.1 Å². The van der Waals surface area contributed by atoms with Gasteiger partial charge in [-0.2, -0.15) is 0 Å². The van der Waals surface area contributed by atoms with Crippen molar-refractivity contribution in [2.75, 3.05) is 23.7 Å². The van der Waals surface area contributed by atoms with Crippen molar-refractivity contribution < 1.29 is 18.0 Å². The Morgan fingerprint density at radius 3 is 2.32 bits per heavy atom. The molecular weight excluding hydrogens is 474 g/mol. The Morgan fingerprint density at radius 1 is 1.09 bits per heavy atom. The van der Waals surface area contributed by atoms with Crippen molar-refractivity contribution >= 4 is 39.1 Å². The highest BCUT2D eigenvalue weighted by molar-refractivity contribution is 7.92. The minimum atomic E-state index is -3.54. The maximum absolute atomic E-state index is 13.3. The molecule has 0 saturated carbocycles. The summed E-state index contributed by atoms with van der Waals surface area (Å²) in [7, 11) is -3.54. The molecule has 0 unspecified atom stereocenters. The van der Waals surface area contributed by atoms with Crippen LogP contribution in [0.25, 0.3) is 0 Å². The zero-order valence-corrected chi connectivity index (χ0v) is 21.8. The van der Waals surface area contributed by atoms with Crippen LogP contribution in [0.4, 0.5) is 5.69 Å². The fraction of sp³-hybridized carbons (Fsp3) is 0.440. The number of rotatable bonds is 12. The fourth-order valence-electron chi connectivity index (χ4n) is 3.56. The average molecular weight is 508 g/mol. The van der Waals surface area contributed by atoms with Crippen molar-refractivity contribution in [3.05, 3.63) is 64.7 Å². The largest absolute Gasteiger partial charge is 0.354 e. The predicted molar refractivity (Wildman–Crippen MR) is 137 cm³/mol. The summed E-state index contributed by atoms with van der Waals surface area (Å²) in [6.45, 7) is 6.64. The summed E-state index contributed by atoms with van der Waals surface area (Å²) in [5.74, 6) is -0.408. The third kappa shape index (κ3) is 8.02. The molecule has 34 heavy (non-hydrogen) atoms. The number of halogens is 1. The van der Waals surface area contributed by atoms with E-state index in [1.165, 1.54) is 4.31 Å². The highest BCUT2D eigenvalue weighted by Crippen LogP contribution is 2.21. The van der Waals surface area contributed by atoms with Gasteiger partial charge in [-0.05, 0) is 62.1 Å². The lowest BCUT2D eigenvalue weighted by atomic mass is 10.1. The molecule has 0 spiro atoms. The third-order valence-electron chi connectivity index (χ3n) is 5.59. The number of carbonyl (C=O) groups is 2. The van der Waals surface area contributed by atoms with Gasteiger partial charge in [0.1, 0.15) is 6.04 Å². The summed E-state index contributed by atoms with van der Waals surface area (Å²) >= 11 is 5.92. The van der Waals surface area contributed by atoms with E-state index in [4.69, 9.17) is 11.6 Å². The molecule has 2 rings (SSSR count). The van der Waals surface area contributed by atoms with E-state index in [1.807, 2.05) is 38.1 Å². The highest BCUT2D eigenvalue weighted by atomic mass is 35.5. The SMILES string of the molecule is CCCNC(=O)[C@@H](C)N(Cc1ccccc1C)C(=O)CCCN(c1ccc(Cl)cc1)S(C)(=O)=O. The molecule has 1 N–H and O–H groups in total. The van der Waals surface area contributed by atoms with Gasteiger partial charge in [0.05, 0.1) is 11.9 Å². The molecule has 1 atom stereocenters. The number of nitrogens with zero attached hydrogens (tertiary/aromatic N) is 2. The first-order chi connectivity index (χ1) is 16.0. The molecule has 2 aromatic rings. The van der Waals surface area contributed by atoms with Gasteiger partial charge in [-0.1, -0.05) is 42.8 Å². The first-order valence-corrected chi connectivity index (χ1v) is 13.6. The predicted octanol–water partition coefficient (Wildman–Crippen LogP) is 4.14. The lowest BCUT2D eigenvalue weighted by Gasteiger charge is -2.30. The average Bonchev–Trinajstić information content (AvgIpc) is 2.79. The van der Waals surface area contributed by atoms with Crippen molar-refractivity contribution in [3.63, 3.8) is 0 Å². The van der Waals surface area contributed by atoms with Crippen molar-refractivity contribution in [2.24, 2.45) is 0 Å². The lowest BCUT2D eigenvalue weighted by Crippen LogP contribution is -2.48. The van der Waals surface area contributed by atoms with E-state index in [-0.39, 0.29) is 24.8 Å². The normalized spacial score (nSPS) is 12.1. The molecule has 0 aliphatic rings. The number of hydrogen-bond acceptors (Lipinski definition) is 4. The summed E-state index contributed by atoms with van der Waals surface area (Å²) in [6.07, 6.45) is 2.35. The van der Waals surface area contributed by atoms with Crippen molar-refractivity contribution in [2.45, 2.75) is 52.6 Å². The number of sulfonamides is 1. The maximum Gasteiger partial charge on any atom is 0.242 e. The topological polar surface area (TPSA) is 86.8 Å². The number of amides is 2. The van der Waals surface area contributed by atoms with E-state index >= 15 is 0 Å². The van der Waals surface area contributed by atoms with E-state index in [2.05, 4.69) is 5.32 Å². The third-order valence-corrected chi connectivity index (χ3v) is 7.03. The van der Waals surface area contributed by atoms with Crippen LogP contribution in [0.5, 0.6) is 0 Å². The van der Waals surface area contributed by atoms with Crippen LogP contribution in [0.2, 0.25) is 5.02 Å². The van der Waals surface area contributed by atoms with Gasteiger partial charge < -0.3 is 10.2 Å². The summed E-state index contributed by atoms with van der Waals surface area (Å²) in [5.41, 5.74) is 2.49. The second-order valence-corrected chi connectivity index (χ2v) is 10.7. The number of carbonyl (C=O) groups excluding carboxylic acids is 2. The van der Waals surface area contributed by atoms with Crippen LogP contribution in [0.15, 0.2) is 48.5 Å². The molecule has 2 aromatic carbocycles. The van der Waals surface area contributed by atoms with Gasteiger partial charge in [0.15, 0.2) is 0 Å². The van der Waals surface area contributed by atoms with Gasteiger partial charge in [-0.15, -0.1) is 0 Å². The van der Waals surface area contributed by atoms with Crippen LogP contribution < -0.4 is 9.62 Å². The second-order valence-electron chi connectivity index (χ2n) is 8.33. The molecule has 186 valence electrons. The van der Waals surface area contributed by atoms with Gasteiger partial charge in [0, 0.05) is 31.1 Å². The second kappa shape index (κ2) is 12.8. The minimum absolute atomic E-state index is 0.108. The summed E-state index contributed by atoms with van der Waals surface area (Å²) in [6, 6.07) is 13.6. The highest BCUT2D eigenvalue weighted by Gasteiger charge is 2.26. The van der Waals surface area contributed by atoms with Gasteiger partial charge >= 0.3 is 0 Å². The molecule has 0 bridgehead atoms. The Hall–Kier alpha value is -2.58. The van der Waals surface area contributed by atoms with Crippen molar-refractivity contribution in [1.29, 1.82) is 0 Å². The Labute approximate surface area is 208 Å². The lowest BCUT2D eigenvalue weighted by molar-refractivity contribution is -0.140. The first kappa shape index (κ1) is 27.7. The Bertz CT molecular complexity index is 1070. The Balaban J connectivity index is 2.15. The quantitative estimate of drug-likeness (QED) is 0.467. The molecule has 0 aromatic heterocycles. The number of aryl methyl sites for hydroxylation is 1. The number of nitrogens with one attached hydrogen (secondary N) is 1. The van der Waals surface area contributed by atoms with Crippen LogP contribution >= 0.6 is 11.6 Å². The van der Waals surface area contributed by atoms with Gasteiger partial charge in [0.25, 0.3) is 0 Å². The zero-order chi connectivity index (χ0) is 25.3. The minimum Gasteiger partial charge on any atom is -0.354 e. The molecule has 2 amide bonds. The van der Waals surface area contributed by atoms with Crippen molar-refractivity contribution in [3.8, 4) is 0 Å². The Kier molecular flexibility index (Phi) is 10.4. The molecular formula is C25H34ClN3O4S. The zero-order valence-electron chi connectivity index (χ0n) is 20.3. The fourth-order valence-corrected chi connectivity index (χ4v) is 4.65. The monoisotopic (exact) mass is 507 g/mol. The Morgan fingerprint density at radius 2 is 1.74 bits per heavy atom. The van der Waals surface area contributed by atoms with Gasteiger partial charge in [-0.25, -0.2) is 8.42 Å². The molecule has 0 fully saturated rings. The molecule has 9 heteroatoms. The standard InChI is InChI=1S/C25H34ClN3O4S/c1-5-16-27-25(31)20(3)28(18-21-10-7-6-9-19(21)2)24(30)11-8-17-29(34(4,32)33)23-14-12-22(26)13-15-23/h6-7,9-10,12-15,20H,5,8,11,16-18H2,1-4H3,(H,27,31)/t20-/m1/s1. The van der Waals surface area contributed by atoms with E-state index in [0.717, 1.165) is 23.8 Å². The molecule has 0 saturated heterocycles. The van der Waals surface area contributed by atoms with Gasteiger partial charge in [-0.3, -0.25) is 13.9 Å². The van der Waals surface area contributed by atoms with Crippen LogP contribution in [-0.4, -0.2) is 50.5 Å². The van der Waals surface area contributed by atoms with Crippen LogP contribution in [0.3, 0.4) is 0 Å². The van der Waals surface area contributed by atoms with Crippen LogP contribution in [-0.2, 0) is 26.2 Å². The maximum atomic E-state index is 13.3. The molecule has 0 aliphatic carbocycles. The van der Waals surface area contributed by atoms with Crippen LogP contribution in [0.1, 0.15) is 44.2 Å². The summed E-state index contributed by atoms with van der Waals surface area (Å²) < 4.78 is 26.0.